The van der Waals surface area contributed by atoms with Gasteiger partial charge in [0.05, 0.1) is 17.9 Å². The smallest absolute Gasteiger partial charge is 0.414 e. The molecule has 0 radical (unpaired) electrons. The summed E-state index contributed by atoms with van der Waals surface area (Å²) in [6.07, 6.45) is -8.47. The number of hydrogen-bond acceptors (Lipinski definition) is 3. The molecule has 0 aromatic heterocycles. The summed E-state index contributed by atoms with van der Waals surface area (Å²) in [6.45, 7) is 3.16. The summed E-state index contributed by atoms with van der Waals surface area (Å²) in [5.41, 5.74) is -0.0314. The Hall–Kier alpha value is -2.29. The largest absolute Gasteiger partial charge is 0.481 e. The van der Waals surface area contributed by atoms with Crippen LogP contribution in [-0.2, 0) is 9.59 Å². The van der Waals surface area contributed by atoms with Crippen LogP contribution in [0.15, 0.2) is 48.5 Å². The number of benzene rings is 2. The van der Waals surface area contributed by atoms with Crippen molar-refractivity contribution >= 4 is 35.1 Å². The second kappa shape index (κ2) is 11.0. The quantitative estimate of drug-likeness (QED) is 0.390. The lowest BCUT2D eigenvalue weighted by Crippen LogP contribution is -2.57. The van der Waals surface area contributed by atoms with E-state index in [1.54, 1.807) is 55.5 Å². The molecule has 0 aliphatic carbocycles. The number of nitrogens with zero attached hydrogens (tertiary/aromatic N) is 1. The van der Waals surface area contributed by atoms with E-state index in [1.165, 1.54) is 11.8 Å². The monoisotopic (exact) mass is 545 g/mol. The van der Waals surface area contributed by atoms with Crippen molar-refractivity contribution in [1.82, 2.24) is 4.90 Å². The standard InChI is InChI=1S/C26H28Cl2F3NO4/c1-3-19(12-21(33)26(29,30)31)32-23(15-7-9-17(27)10-8-15)20(16-5-4-6-18(28)11-16)13-25(2,24(32)36)14-22(34)35/h4-11,19-21,23,33H,3,12-14H2,1-2H3,(H,34,35)/t19-,20+,21?,23+,25-/m0/s1. The maximum absolute atomic E-state index is 14.0. The lowest BCUT2D eigenvalue weighted by Gasteiger charge is -2.52. The van der Waals surface area contributed by atoms with Crippen molar-refractivity contribution in [3.63, 3.8) is 0 Å². The van der Waals surface area contributed by atoms with Crippen LogP contribution in [-0.4, -0.2) is 45.3 Å². The Morgan fingerprint density at radius 1 is 1.14 bits per heavy atom. The summed E-state index contributed by atoms with van der Waals surface area (Å²) in [7, 11) is 0. The van der Waals surface area contributed by atoms with E-state index in [0.29, 0.717) is 15.6 Å². The number of hydrogen-bond donors (Lipinski definition) is 2. The molecular weight excluding hydrogens is 518 g/mol. The number of halogens is 5. The van der Waals surface area contributed by atoms with Crippen molar-refractivity contribution in [2.24, 2.45) is 5.41 Å². The Morgan fingerprint density at radius 3 is 2.31 bits per heavy atom. The second-order valence-electron chi connectivity index (χ2n) is 9.56. The van der Waals surface area contributed by atoms with Crippen molar-refractivity contribution in [1.29, 1.82) is 0 Å². The van der Waals surface area contributed by atoms with Gasteiger partial charge < -0.3 is 15.1 Å². The molecule has 5 atom stereocenters. The number of aliphatic carboxylic acids is 1. The molecular formula is C26H28Cl2F3NO4. The molecule has 2 aromatic rings. The maximum Gasteiger partial charge on any atom is 0.414 e. The fourth-order valence-corrected chi connectivity index (χ4v) is 5.47. The third-order valence-electron chi connectivity index (χ3n) is 6.87. The minimum absolute atomic E-state index is 0.119. The number of carboxylic acid groups (broad SMARTS) is 1. The molecule has 1 fully saturated rings. The number of carboxylic acids is 1. The third kappa shape index (κ3) is 6.15. The van der Waals surface area contributed by atoms with Gasteiger partial charge in [-0.2, -0.15) is 13.2 Å². The van der Waals surface area contributed by atoms with Crippen LogP contribution in [0.1, 0.15) is 62.6 Å². The number of rotatable bonds is 8. The van der Waals surface area contributed by atoms with Crippen molar-refractivity contribution in [2.45, 2.75) is 69.8 Å². The van der Waals surface area contributed by atoms with Crippen LogP contribution in [0.5, 0.6) is 0 Å². The number of amides is 1. The number of likely N-dealkylation sites (tertiary alicyclic amines) is 1. The first-order chi connectivity index (χ1) is 16.8. The Balaban J connectivity index is 2.23. The molecule has 36 heavy (non-hydrogen) atoms. The van der Waals surface area contributed by atoms with Gasteiger partial charge in [0.2, 0.25) is 5.91 Å². The SMILES string of the molecule is CC[C@@H](CC(O)C(F)(F)F)N1C(=O)[C@](C)(CC(=O)O)C[C@H](c2cccc(Cl)c2)[C@H]1c1ccc(Cl)cc1. The molecule has 1 amide bonds. The van der Waals surface area contributed by atoms with E-state index >= 15 is 0 Å². The zero-order valence-corrected chi connectivity index (χ0v) is 21.3. The summed E-state index contributed by atoms with van der Waals surface area (Å²) in [6, 6.07) is 11.9. The van der Waals surface area contributed by atoms with E-state index in [9.17, 15) is 33.0 Å². The van der Waals surface area contributed by atoms with Gasteiger partial charge in [-0.25, -0.2) is 0 Å². The zero-order chi connectivity index (χ0) is 26.8. The van der Waals surface area contributed by atoms with Crippen LogP contribution in [0.3, 0.4) is 0 Å². The number of aliphatic hydroxyl groups is 1. The van der Waals surface area contributed by atoms with Crippen LogP contribution in [0.4, 0.5) is 13.2 Å². The van der Waals surface area contributed by atoms with Gasteiger partial charge in [-0.15, -0.1) is 0 Å². The number of carbonyl (C=O) groups excluding carboxylic acids is 1. The van der Waals surface area contributed by atoms with Gasteiger partial charge in [0, 0.05) is 28.4 Å². The molecule has 2 N–H and O–H groups in total. The molecule has 10 heteroatoms. The minimum Gasteiger partial charge on any atom is -0.481 e. The molecule has 5 nitrogen and oxygen atoms in total. The van der Waals surface area contributed by atoms with E-state index in [2.05, 4.69) is 0 Å². The van der Waals surface area contributed by atoms with Gasteiger partial charge in [-0.3, -0.25) is 9.59 Å². The average molecular weight is 546 g/mol. The Labute approximate surface area is 217 Å². The normalized spacial score (nSPS) is 24.4. The van der Waals surface area contributed by atoms with Gasteiger partial charge in [-0.05, 0) is 48.2 Å². The van der Waals surface area contributed by atoms with Gasteiger partial charge in [0.15, 0.2) is 6.10 Å². The average Bonchev–Trinajstić information content (AvgIpc) is 2.78. The van der Waals surface area contributed by atoms with Crippen molar-refractivity contribution in [2.75, 3.05) is 0 Å². The van der Waals surface area contributed by atoms with Gasteiger partial charge in [0.1, 0.15) is 0 Å². The third-order valence-corrected chi connectivity index (χ3v) is 7.36. The molecule has 1 aliphatic heterocycles. The first-order valence-electron chi connectivity index (χ1n) is 11.6. The lowest BCUT2D eigenvalue weighted by molar-refractivity contribution is -0.211. The minimum atomic E-state index is -4.86. The summed E-state index contributed by atoms with van der Waals surface area (Å²) in [5, 5.41) is 20.4. The van der Waals surface area contributed by atoms with E-state index in [-0.39, 0.29) is 12.8 Å². The highest BCUT2D eigenvalue weighted by Gasteiger charge is 2.53. The van der Waals surface area contributed by atoms with Crippen LogP contribution in [0, 0.1) is 5.41 Å². The van der Waals surface area contributed by atoms with E-state index in [1.807, 2.05) is 0 Å². The van der Waals surface area contributed by atoms with Crippen molar-refractivity contribution < 1.29 is 33.0 Å². The first kappa shape index (κ1) is 28.3. The lowest BCUT2D eigenvalue weighted by atomic mass is 9.67. The number of alkyl halides is 3. The molecule has 1 unspecified atom stereocenters. The number of piperidine rings is 1. The number of carbonyl (C=O) groups is 2. The molecule has 1 heterocycles. The van der Waals surface area contributed by atoms with Crippen LogP contribution in [0.25, 0.3) is 0 Å². The molecule has 0 spiro atoms. The first-order valence-corrected chi connectivity index (χ1v) is 12.3. The predicted molar refractivity (Wildman–Crippen MR) is 131 cm³/mol. The van der Waals surface area contributed by atoms with Gasteiger partial charge in [-0.1, -0.05) is 61.3 Å². The highest BCUT2D eigenvalue weighted by molar-refractivity contribution is 6.30. The highest BCUT2D eigenvalue weighted by Crippen LogP contribution is 2.52. The molecule has 2 aromatic carbocycles. The highest BCUT2D eigenvalue weighted by atomic mass is 35.5. The van der Waals surface area contributed by atoms with Crippen LogP contribution < -0.4 is 0 Å². The summed E-state index contributed by atoms with van der Waals surface area (Å²) < 4.78 is 40.0. The van der Waals surface area contributed by atoms with E-state index < -0.39 is 60.4 Å². The van der Waals surface area contributed by atoms with Gasteiger partial charge >= 0.3 is 12.1 Å². The number of aliphatic hydroxyl groups excluding tert-OH is 1. The topological polar surface area (TPSA) is 77.8 Å². The second-order valence-corrected chi connectivity index (χ2v) is 10.4. The maximum atomic E-state index is 14.0. The van der Waals surface area contributed by atoms with Crippen molar-refractivity contribution in [3.8, 4) is 0 Å². The fourth-order valence-electron chi connectivity index (χ4n) is 5.15. The Kier molecular flexibility index (Phi) is 8.63. The zero-order valence-electron chi connectivity index (χ0n) is 19.8. The molecule has 0 saturated carbocycles. The van der Waals surface area contributed by atoms with Crippen LogP contribution in [0.2, 0.25) is 10.0 Å². The van der Waals surface area contributed by atoms with Gasteiger partial charge in [0.25, 0.3) is 0 Å². The fraction of sp³-hybridized carbons (Fsp3) is 0.462. The summed E-state index contributed by atoms with van der Waals surface area (Å²) in [4.78, 5) is 27.1. The van der Waals surface area contributed by atoms with Crippen molar-refractivity contribution in [3.05, 3.63) is 69.7 Å². The van der Waals surface area contributed by atoms with E-state index in [0.717, 1.165) is 5.56 Å². The molecule has 3 rings (SSSR count). The van der Waals surface area contributed by atoms with Crippen LogP contribution >= 0.6 is 23.2 Å². The molecule has 196 valence electrons. The summed E-state index contributed by atoms with van der Waals surface area (Å²) >= 11 is 12.3. The van der Waals surface area contributed by atoms with E-state index in [4.69, 9.17) is 23.2 Å². The molecule has 0 bridgehead atoms. The molecule has 1 saturated heterocycles. The molecule has 1 aliphatic rings. The predicted octanol–water partition coefficient (Wildman–Crippen LogP) is 6.62. The Bertz CT molecular complexity index is 1100. The summed E-state index contributed by atoms with van der Waals surface area (Å²) in [5.74, 6) is -2.24. The Morgan fingerprint density at radius 2 is 1.78 bits per heavy atom.